The molecule has 0 aliphatic heterocycles. The highest BCUT2D eigenvalue weighted by Crippen LogP contribution is 2.30. The summed E-state index contributed by atoms with van der Waals surface area (Å²) in [7, 11) is 0. The highest BCUT2D eigenvalue weighted by molar-refractivity contribution is 5.92. The minimum absolute atomic E-state index is 0.154. The average molecular weight is 269 g/mol. The number of hydrogen-bond donors (Lipinski definition) is 2. The molecule has 0 fully saturated rings. The van der Waals surface area contributed by atoms with Gasteiger partial charge in [0.25, 0.3) is 5.91 Å². The average Bonchev–Trinajstić information content (AvgIpc) is 2.86. The van der Waals surface area contributed by atoms with E-state index in [0.29, 0.717) is 0 Å². The fraction of sp³-hybridized carbons (Fsp3) is 0.0833. The summed E-state index contributed by atoms with van der Waals surface area (Å²) in [6, 6.07) is 7.70. The van der Waals surface area contributed by atoms with Gasteiger partial charge in [-0.25, -0.2) is 5.84 Å². The molecule has 4 nitrogen and oxygen atoms in total. The van der Waals surface area contributed by atoms with E-state index in [1.165, 1.54) is 29.0 Å². The molecule has 0 unspecified atom stereocenters. The molecule has 1 amide bonds. The van der Waals surface area contributed by atoms with E-state index in [4.69, 9.17) is 5.84 Å². The van der Waals surface area contributed by atoms with Crippen LogP contribution in [-0.2, 0) is 6.18 Å². The predicted octanol–water partition coefficient (Wildman–Crippen LogP) is 2.10. The first-order chi connectivity index (χ1) is 8.93. The molecule has 3 N–H and O–H groups in total. The van der Waals surface area contributed by atoms with Crippen LogP contribution < -0.4 is 11.3 Å². The number of nitrogen functional groups attached to an aromatic ring is 1. The number of rotatable bonds is 2. The van der Waals surface area contributed by atoms with Crippen LogP contribution in [0.2, 0.25) is 0 Å². The number of hydrogen-bond acceptors (Lipinski definition) is 2. The van der Waals surface area contributed by atoms with Gasteiger partial charge in [-0.3, -0.25) is 10.2 Å². The Labute approximate surface area is 106 Å². The van der Waals surface area contributed by atoms with Crippen LogP contribution >= 0.6 is 0 Å². The van der Waals surface area contributed by atoms with Gasteiger partial charge in [-0.2, -0.15) is 13.2 Å². The smallest absolute Gasteiger partial charge is 0.312 e. The topological polar surface area (TPSA) is 60.0 Å². The lowest BCUT2D eigenvalue weighted by Gasteiger charge is -2.11. The second-order valence-corrected chi connectivity index (χ2v) is 3.78. The summed E-state index contributed by atoms with van der Waals surface area (Å²) in [5, 5.41) is 0. The molecule has 100 valence electrons. The third-order valence-corrected chi connectivity index (χ3v) is 2.56. The molecule has 0 spiro atoms. The number of nitrogens with two attached hydrogens (primary N) is 1. The van der Waals surface area contributed by atoms with Crippen LogP contribution in [0.4, 0.5) is 13.2 Å². The third kappa shape index (κ3) is 2.60. The molecule has 0 radical (unpaired) electrons. The van der Waals surface area contributed by atoms with Crippen LogP contribution in [0.15, 0.2) is 42.6 Å². The van der Waals surface area contributed by atoms with Gasteiger partial charge in [-0.1, -0.05) is 6.07 Å². The van der Waals surface area contributed by atoms with Gasteiger partial charge in [-0.05, 0) is 30.3 Å². The Hall–Kier alpha value is -2.28. The summed E-state index contributed by atoms with van der Waals surface area (Å²) >= 11 is 0. The minimum Gasteiger partial charge on any atom is -0.312 e. The van der Waals surface area contributed by atoms with E-state index in [2.05, 4.69) is 0 Å². The summed E-state index contributed by atoms with van der Waals surface area (Å²) in [5.41, 5.74) is 1.55. The van der Waals surface area contributed by atoms with Gasteiger partial charge in [0.1, 0.15) is 5.69 Å². The van der Waals surface area contributed by atoms with Crippen LogP contribution in [-0.4, -0.2) is 10.5 Å². The molecule has 2 aromatic rings. The summed E-state index contributed by atoms with van der Waals surface area (Å²) in [5.74, 6) is 4.44. The van der Waals surface area contributed by atoms with Crippen molar-refractivity contribution in [3.63, 3.8) is 0 Å². The van der Waals surface area contributed by atoms with Gasteiger partial charge in [0.05, 0.1) is 5.56 Å². The number of aromatic nitrogens is 1. The van der Waals surface area contributed by atoms with E-state index in [1.54, 1.807) is 6.07 Å². The zero-order valence-corrected chi connectivity index (χ0v) is 9.61. The molecule has 0 atom stereocenters. The highest BCUT2D eigenvalue weighted by Gasteiger charge is 2.30. The van der Waals surface area contributed by atoms with E-state index < -0.39 is 17.6 Å². The number of hydrazine groups is 1. The number of alkyl halides is 3. The number of nitrogens with zero attached hydrogens (tertiary/aromatic N) is 1. The number of benzene rings is 1. The fourth-order valence-electron chi connectivity index (χ4n) is 1.70. The number of nitrogens with one attached hydrogen (secondary N) is 1. The number of carbonyl (C=O) groups excluding carboxylic acids is 1. The van der Waals surface area contributed by atoms with Crippen molar-refractivity contribution in [3.8, 4) is 5.69 Å². The number of halogens is 3. The predicted molar refractivity (Wildman–Crippen MR) is 62.4 cm³/mol. The fourth-order valence-corrected chi connectivity index (χ4v) is 1.70. The molecule has 1 aromatic carbocycles. The lowest BCUT2D eigenvalue weighted by atomic mass is 10.2. The maximum Gasteiger partial charge on any atom is 0.416 e. The van der Waals surface area contributed by atoms with Crippen LogP contribution in [0.25, 0.3) is 5.69 Å². The van der Waals surface area contributed by atoms with E-state index in [1.807, 2.05) is 5.43 Å². The lowest BCUT2D eigenvalue weighted by Crippen LogP contribution is -2.31. The summed E-state index contributed by atoms with van der Waals surface area (Å²) < 4.78 is 39.2. The van der Waals surface area contributed by atoms with E-state index in [9.17, 15) is 18.0 Å². The third-order valence-electron chi connectivity index (χ3n) is 2.56. The molecule has 0 saturated heterocycles. The van der Waals surface area contributed by atoms with Gasteiger partial charge in [-0.15, -0.1) is 0 Å². The van der Waals surface area contributed by atoms with Crippen molar-refractivity contribution in [2.75, 3.05) is 0 Å². The van der Waals surface area contributed by atoms with Crippen molar-refractivity contribution in [1.82, 2.24) is 9.99 Å². The number of carbonyl (C=O) groups is 1. The Morgan fingerprint density at radius 1 is 1.21 bits per heavy atom. The Bertz CT molecular complexity index is 604. The van der Waals surface area contributed by atoms with Gasteiger partial charge < -0.3 is 4.57 Å². The maximum absolute atomic E-state index is 12.6. The normalized spacial score (nSPS) is 11.4. The van der Waals surface area contributed by atoms with E-state index >= 15 is 0 Å². The van der Waals surface area contributed by atoms with Gasteiger partial charge in [0.2, 0.25) is 0 Å². The molecule has 7 heteroatoms. The van der Waals surface area contributed by atoms with E-state index in [-0.39, 0.29) is 11.4 Å². The van der Waals surface area contributed by atoms with Crippen molar-refractivity contribution in [3.05, 3.63) is 53.9 Å². The van der Waals surface area contributed by atoms with Crippen molar-refractivity contribution < 1.29 is 18.0 Å². The van der Waals surface area contributed by atoms with Gasteiger partial charge in [0.15, 0.2) is 0 Å². The van der Waals surface area contributed by atoms with Crippen LogP contribution in [0.1, 0.15) is 16.1 Å². The first-order valence-electron chi connectivity index (χ1n) is 5.29. The minimum atomic E-state index is -4.43. The van der Waals surface area contributed by atoms with Crippen molar-refractivity contribution in [1.29, 1.82) is 0 Å². The maximum atomic E-state index is 12.6. The van der Waals surface area contributed by atoms with Crippen LogP contribution in [0.3, 0.4) is 0 Å². The quantitative estimate of drug-likeness (QED) is 0.498. The standard InChI is InChI=1S/C12H10F3N3O/c13-12(14,15)8-3-1-4-9(7-8)18-6-2-5-10(18)11(19)17-16/h1-7H,16H2,(H,17,19). The number of amides is 1. The van der Waals surface area contributed by atoms with Crippen LogP contribution in [0, 0.1) is 0 Å². The van der Waals surface area contributed by atoms with Crippen molar-refractivity contribution in [2.24, 2.45) is 5.84 Å². The molecule has 2 rings (SSSR count). The molecule has 0 bridgehead atoms. The Morgan fingerprint density at radius 2 is 1.95 bits per heavy atom. The van der Waals surface area contributed by atoms with Crippen molar-refractivity contribution >= 4 is 5.91 Å². The molecule has 0 aliphatic carbocycles. The SMILES string of the molecule is NNC(=O)c1cccn1-c1cccc(C(F)(F)F)c1. The molecular weight excluding hydrogens is 259 g/mol. The first-order valence-corrected chi connectivity index (χ1v) is 5.29. The van der Waals surface area contributed by atoms with Gasteiger partial charge >= 0.3 is 6.18 Å². The largest absolute Gasteiger partial charge is 0.416 e. The monoisotopic (exact) mass is 269 g/mol. The summed E-state index contributed by atoms with van der Waals surface area (Å²) in [6.07, 6.45) is -2.94. The summed E-state index contributed by atoms with van der Waals surface area (Å²) in [6.45, 7) is 0. The Balaban J connectivity index is 2.49. The Kier molecular flexibility index (Phi) is 3.30. The molecule has 19 heavy (non-hydrogen) atoms. The lowest BCUT2D eigenvalue weighted by molar-refractivity contribution is -0.137. The highest BCUT2D eigenvalue weighted by atomic mass is 19.4. The zero-order chi connectivity index (χ0) is 14.0. The zero-order valence-electron chi connectivity index (χ0n) is 9.61. The molecule has 0 aliphatic rings. The first kappa shape index (κ1) is 13.2. The Morgan fingerprint density at radius 3 is 2.58 bits per heavy atom. The molecule has 0 saturated carbocycles. The van der Waals surface area contributed by atoms with Crippen LogP contribution in [0.5, 0.6) is 0 Å². The second-order valence-electron chi connectivity index (χ2n) is 3.78. The van der Waals surface area contributed by atoms with Gasteiger partial charge in [0, 0.05) is 11.9 Å². The molecule has 1 heterocycles. The van der Waals surface area contributed by atoms with Crippen molar-refractivity contribution in [2.45, 2.75) is 6.18 Å². The summed E-state index contributed by atoms with van der Waals surface area (Å²) in [4.78, 5) is 11.5. The molecule has 1 aromatic heterocycles. The second kappa shape index (κ2) is 4.77. The van der Waals surface area contributed by atoms with E-state index in [0.717, 1.165) is 12.1 Å². The molecular formula is C12H10F3N3O.